The van der Waals surface area contributed by atoms with Gasteiger partial charge in [0.05, 0.1) is 27.7 Å². The third-order valence-electron chi connectivity index (χ3n) is 3.93. The number of nitrogens with zero attached hydrogens (tertiary/aromatic N) is 1. The normalized spacial score (nSPS) is 12.7. The zero-order valence-electron chi connectivity index (χ0n) is 14.0. The van der Waals surface area contributed by atoms with E-state index in [1.54, 1.807) is 31.5 Å². The smallest absolute Gasteiger partial charge is 0.124 e. The van der Waals surface area contributed by atoms with Crippen LogP contribution in [0.5, 0.6) is 11.5 Å². The molecule has 23 heavy (non-hydrogen) atoms. The Morgan fingerprint density at radius 2 is 1.91 bits per heavy atom. The second-order valence-electron chi connectivity index (χ2n) is 5.88. The molecule has 0 aliphatic rings. The molecule has 0 aromatic heterocycles. The van der Waals surface area contributed by atoms with Gasteiger partial charge < -0.3 is 14.7 Å². The van der Waals surface area contributed by atoms with Crippen LogP contribution < -0.4 is 9.64 Å². The number of likely N-dealkylation sites (N-methyl/N-ethyl adjacent to an activating group) is 1. The first kappa shape index (κ1) is 17.0. The van der Waals surface area contributed by atoms with E-state index in [0.29, 0.717) is 23.9 Å². The van der Waals surface area contributed by atoms with E-state index in [4.69, 9.17) is 4.74 Å². The van der Waals surface area contributed by atoms with Gasteiger partial charge in [0, 0.05) is 18.2 Å². The Labute approximate surface area is 138 Å². The van der Waals surface area contributed by atoms with Crippen LogP contribution in [0.25, 0.3) is 0 Å². The molecule has 0 fully saturated rings. The summed E-state index contributed by atoms with van der Waals surface area (Å²) in [5, 5.41) is 9.89. The first-order valence-corrected chi connectivity index (χ1v) is 7.81. The van der Waals surface area contributed by atoms with E-state index in [2.05, 4.69) is 43.4 Å². The third-order valence-corrected chi connectivity index (χ3v) is 3.93. The molecule has 0 unspecified atom stereocenters. The maximum Gasteiger partial charge on any atom is 0.124 e. The highest BCUT2D eigenvalue weighted by molar-refractivity contribution is 5.84. The van der Waals surface area contributed by atoms with Crippen LogP contribution in [0, 0.1) is 0 Å². The maximum atomic E-state index is 9.89. The number of phenolic OH excluding ortho intramolecular Hbond substituents is 1. The van der Waals surface area contributed by atoms with Crippen molar-refractivity contribution in [3.8, 4) is 11.5 Å². The molecule has 122 valence electrons. The molecule has 4 heteroatoms. The van der Waals surface area contributed by atoms with Crippen molar-refractivity contribution in [2.24, 2.45) is 4.99 Å². The summed E-state index contributed by atoms with van der Waals surface area (Å²) in [4.78, 5) is 5.90. The van der Waals surface area contributed by atoms with Crippen LogP contribution in [0.4, 0.5) is 0 Å². The third kappa shape index (κ3) is 5.11. The van der Waals surface area contributed by atoms with Gasteiger partial charge in [0.1, 0.15) is 17.5 Å². The molecule has 2 N–H and O–H groups in total. The van der Waals surface area contributed by atoms with Gasteiger partial charge >= 0.3 is 0 Å². The van der Waals surface area contributed by atoms with Crippen molar-refractivity contribution >= 4 is 6.21 Å². The Morgan fingerprint density at radius 1 is 1.17 bits per heavy atom. The minimum Gasteiger partial charge on any atom is -0.507 e. The van der Waals surface area contributed by atoms with E-state index in [1.807, 2.05) is 6.07 Å². The molecule has 1 atom stereocenters. The number of aromatic hydroxyl groups is 1. The minimum atomic E-state index is 0.214. The molecule has 0 amide bonds. The van der Waals surface area contributed by atoms with Crippen molar-refractivity contribution in [2.45, 2.75) is 12.5 Å². The topological polar surface area (TPSA) is 46.3 Å². The van der Waals surface area contributed by atoms with Gasteiger partial charge in [-0.05, 0) is 23.8 Å². The second kappa shape index (κ2) is 8.34. The van der Waals surface area contributed by atoms with Crippen LogP contribution in [-0.2, 0) is 6.42 Å². The fraction of sp³-hybridized carbons (Fsp3) is 0.316. The highest BCUT2D eigenvalue weighted by Gasteiger charge is 2.14. The molecule has 0 radical (unpaired) electrons. The van der Waals surface area contributed by atoms with Crippen molar-refractivity contribution in [3.05, 3.63) is 59.7 Å². The van der Waals surface area contributed by atoms with Crippen LogP contribution in [0.3, 0.4) is 0 Å². The molecule has 0 spiro atoms. The summed E-state index contributed by atoms with van der Waals surface area (Å²) in [6, 6.07) is 16.0. The first-order chi connectivity index (χ1) is 11.1. The lowest BCUT2D eigenvalue weighted by atomic mass is 10.1. The van der Waals surface area contributed by atoms with Gasteiger partial charge in [0.2, 0.25) is 0 Å². The molecule has 0 saturated carbocycles. The molecular formula is C19H25N2O2+. The largest absolute Gasteiger partial charge is 0.507 e. The number of hydrogen-bond donors (Lipinski definition) is 2. The van der Waals surface area contributed by atoms with Crippen molar-refractivity contribution in [1.29, 1.82) is 0 Å². The second-order valence-corrected chi connectivity index (χ2v) is 5.88. The van der Waals surface area contributed by atoms with Gasteiger partial charge in [0.15, 0.2) is 0 Å². The van der Waals surface area contributed by atoms with E-state index in [1.165, 1.54) is 10.5 Å². The summed E-state index contributed by atoms with van der Waals surface area (Å²) in [6.07, 6.45) is 2.70. The molecule has 0 saturated heterocycles. The Hall–Kier alpha value is -2.33. The number of aliphatic imine (C=N–C) groups is 1. The summed E-state index contributed by atoms with van der Waals surface area (Å²) in [5.74, 6) is 0.926. The summed E-state index contributed by atoms with van der Waals surface area (Å²) in [5.41, 5.74) is 2.00. The number of methoxy groups -OCH3 is 1. The molecule has 2 rings (SSSR count). The van der Waals surface area contributed by atoms with Crippen molar-refractivity contribution in [2.75, 3.05) is 27.7 Å². The van der Waals surface area contributed by atoms with Crippen LogP contribution in [-0.4, -0.2) is 45.1 Å². The SMILES string of the molecule is COc1ccc(O)c(C=NC[C@@H](Cc2ccccc2)[NH+](C)C)c1. The Bertz CT molecular complexity index is 639. The van der Waals surface area contributed by atoms with Crippen LogP contribution >= 0.6 is 0 Å². The predicted octanol–water partition coefficient (Wildman–Crippen LogP) is 1.58. The lowest BCUT2D eigenvalue weighted by Crippen LogP contribution is -3.11. The Balaban J connectivity index is 2.04. The Morgan fingerprint density at radius 3 is 2.57 bits per heavy atom. The van der Waals surface area contributed by atoms with E-state index in [9.17, 15) is 5.11 Å². The minimum absolute atomic E-state index is 0.214. The first-order valence-electron chi connectivity index (χ1n) is 7.81. The van der Waals surface area contributed by atoms with Gasteiger partial charge in [-0.15, -0.1) is 0 Å². The number of ether oxygens (including phenoxy) is 1. The zero-order chi connectivity index (χ0) is 16.7. The standard InChI is InChI=1S/C19H24N2O2/c1-21(2)17(11-15-7-5-4-6-8-15)14-20-13-16-12-18(23-3)9-10-19(16)22/h4-10,12-13,17,22H,11,14H2,1-3H3/p+1/t17-/m1/s1. The van der Waals surface area contributed by atoms with Gasteiger partial charge in [0.25, 0.3) is 0 Å². The van der Waals surface area contributed by atoms with Gasteiger partial charge in [-0.3, -0.25) is 4.99 Å². The van der Waals surface area contributed by atoms with Crippen molar-refractivity contribution in [1.82, 2.24) is 0 Å². The zero-order valence-corrected chi connectivity index (χ0v) is 14.0. The summed E-state index contributed by atoms with van der Waals surface area (Å²) in [6.45, 7) is 0.702. The molecule has 2 aromatic carbocycles. The number of benzene rings is 2. The number of quaternary nitrogens is 1. The lowest BCUT2D eigenvalue weighted by molar-refractivity contribution is -0.883. The molecule has 2 aromatic rings. The highest BCUT2D eigenvalue weighted by Crippen LogP contribution is 2.21. The predicted molar refractivity (Wildman–Crippen MR) is 93.9 cm³/mol. The van der Waals surface area contributed by atoms with E-state index in [0.717, 1.165) is 6.42 Å². The van der Waals surface area contributed by atoms with E-state index >= 15 is 0 Å². The molecule has 0 heterocycles. The van der Waals surface area contributed by atoms with Crippen LogP contribution in [0.2, 0.25) is 0 Å². The quantitative estimate of drug-likeness (QED) is 0.762. The molecule has 0 bridgehead atoms. The van der Waals surface area contributed by atoms with Gasteiger partial charge in [-0.1, -0.05) is 30.3 Å². The maximum absolute atomic E-state index is 9.89. The number of rotatable bonds is 7. The van der Waals surface area contributed by atoms with Gasteiger partial charge in [-0.25, -0.2) is 0 Å². The fourth-order valence-electron chi connectivity index (χ4n) is 2.39. The molecular weight excluding hydrogens is 288 g/mol. The summed E-state index contributed by atoms with van der Waals surface area (Å²) < 4.78 is 5.18. The summed E-state index contributed by atoms with van der Waals surface area (Å²) in [7, 11) is 5.90. The average Bonchev–Trinajstić information content (AvgIpc) is 2.56. The monoisotopic (exact) mass is 313 g/mol. The summed E-state index contributed by atoms with van der Waals surface area (Å²) >= 11 is 0. The van der Waals surface area contributed by atoms with Crippen molar-refractivity contribution in [3.63, 3.8) is 0 Å². The fourth-order valence-corrected chi connectivity index (χ4v) is 2.39. The average molecular weight is 313 g/mol. The van der Waals surface area contributed by atoms with Crippen LogP contribution in [0.15, 0.2) is 53.5 Å². The van der Waals surface area contributed by atoms with Crippen LogP contribution in [0.1, 0.15) is 11.1 Å². The van der Waals surface area contributed by atoms with Gasteiger partial charge in [-0.2, -0.15) is 0 Å². The molecule has 0 aliphatic carbocycles. The number of hydrogen-bond acceptors (Lipinski definition) is 3. The molecule has 0 aliphatic heterocycles. The Kier molecular flexibility index (Phi) is 6.18. The number of nitrogens with one attached hydrogen (secondary N) is 1. The number of phenols is 1. The lowest BCUT2D eigenvalue weighted by Gasteiger charge is -2.19. The van der Waals surface area contributed by atoms with E-state index < -0.39 is 0 Å². The van der Waals surface area contributed by atoms with Crippen molar-refractivity contribution < 1.29 is 14.7 Å². The highest BCUT2D eigenvalue weighted by atomic mass is 16.5. The van der Waals surface area contributed by atoms with E-state index in [-0.39, 0.29) is 5.75 Å². The molecule has 4 nitrogen and oxygen atoms in total.